The Labute approximate surface area is 104 Å². The van der Waals surface area contributed by atoms with Crippen LogP contribution in [0.15, 0.2) is 18.2 Å². The molecule has 0 aliphatic heterocycles. The van der Waals surface area contributed by atoms with Crippen LogP contribution in [0.5, 0.6) is 5.75 Å². The van der Waals surface area contributed by atoms with E-state index < -0.39 is 18.2 Å². The van der Waals surface area contributed by atoms with Crippen LogP contribution in [0, 0.1) is 0 Å². The molecular weight excluding hydrogens is 240 g/mol. The van der Waals surface area contributed by atoms with Crippen molar-refractivity contribution in [1.82, 2.24) is 0 Å². The Bertz CT molecular complexity index is 417. The van der Waals surface area contributed by atoms with Gasteiger partial charge >= 0.3 is 5.97 Å². The van der Waals surface area contributed by atoms with Crippen LogP contribution in [0.4, 0.5) is 0 Å². The van der Waals surface area contributed by atoms with Gasteiger partial charge in [0.25, 0.3) is 0 Å². The SMILES string of the molecule is COC(=O)C(O)C(O)c1cc(CO)ccc1OC. The van der Waals surface area contributed by atoms with Gasteiger partial charge < -0.3 is 24.8 Å². The molecule has 2 atom stereocenters. The fraction of sp³-hybridized carbons (Fsp3) is 0.417. The van der Waals surface area contributed by atoms with Crippen LogP contribution in [-0.2, 0) is 16.1 Å². The Morgan fingerprint density at radius 1 is 1.33 bits per heavy atom. The lowest BCUT2D eigenvalue weighted by Gasteiger charge is -2.19. The highest BCUT2D eigenvalue weighted by Gasteiger charge is 2.28. The number of ether oxygens (including phenoxy) is 2. The fourth-order valence-electron chi connectivity index (χ4n) is 1.53. The molecule has 0 saturated heterocycles. The normalized spacial score (nSPS) is 13.8. The lowest BCUT2D eigenvalue weighted by atomic mass is 10.0. The second-order valence-corrected chi connectivity index (χ2v) is 3.65. The van der Waals surface area contributed by atoms with Gasteiger partial charge in [0, 0.05) is 5.56 Å². The van der Waals surface area contributed by atoms with E-state index in [9.17, 15) is 15.0 Å². The monoisotopic (exact) mass is 256 g/mol. The maximum Gasteiger partial charge on any atom is 0.337 e. The number of aliphatic hydroxyl groups is 3. The predicted molar refractivity (Wildman–Crippen MR) is 61.9 cm³/mol. The Morgan fingerprint density at radius 3 is 2.50 bits per heavy atom. The van der Waals surface area contributed by atoms with E-state index in [1.54, 1.807) is 6.07 Å². The molecule has 0 aliphatic rings. The van der Waals surface area contributed by atoms with E-state index in [-0.39, 0.29) is 12.2 Å². The highest BCUT2D eigenvalue weighted by Crippen LogP contribution is 2.28. The third kappa shape index (κ3) is 2.98. The van der Waals surface area contributed by atoms with Crippen LogP contribution < -0.4 is 4.74 Å². The van der Waals surface area contributed by atoms with Gasteiger partial charge in [-0.05, 0) is 17.7 Å². The third-order valence-corrected chi connectivity index (χ3v) is 2.54. The van der Waals surface area contributed by atoms with Crippen molar-refractivity contribution in [3.8, 4) is 5.75 Å². The minimum atomic E-state index is -1.71. The van der Waals surface area contributed by atoms with E-state index >= 15 is 0 Å². The van der Waals surface area contributed by atoms with Crippen LogP contribution in [0.1, 0.15) is 17.2 Å². The first-order chi connectivity index (χ1) is 8.54. The molecule has 6 heteroatoms. The summed E-state index contributed by atoms with van der Waals surface area (Å²) >= 11 is 0. The van der Waals surface area contributed by atoms with Gasteiger partial charge in [0.1, 0.15) is 11.9 Å². The number of benzene rings is 1. The van der Waals surface area contributed by atoms with E-state index in [2.05, 4.69) is 4.74 Å². The van der Waals surface area contributed by atoms with Gasteiger partial charge in [-0.1, -0.05) is 6.07 Å². The van der Waals surface area contributed by atoms with Crippen molar-refractivity contribution in [1.29, 1.82) is 0 Å². The quantitative estimate of drug-likeness (QED) is 0.629. The van der Waals surface area contributed by atoms with Crippen LogP contribution in [0.25, 0.3) is 0 Å². The van der Waals surface area contributed by atoms with Crippen molar-refractivity contribution in [2.45, 2.75) is 18.8 Å². The minimum Gasteiger partial charge on any atom is -0.496 e. The standard InChI is InChI=1S/C12H16O6/c1-17-9-4-3-7(6-13)5-8(9)10(14)11(15)12(16)18-2/h3-5,10-11,13-15H,6H2,1-2H3. The molecule has 1 aromatic carbocycles. The summed E-state index contributed by atoms with van der Waals surface area (Å²) in [5, 5.41) is 28.5. The largest absolute Gasteiger partial charge is 0.496 e. The average Bonchev–Trinajstić information content (AvgIpc) is 2.43. The highest BCUT2D eigenvalue weighted by atomic mass is 16.5. The second-order valence-electron chi connectivity index (χ2n) is 3.65. The summed E-state index contributed by atoms with van der Waals surface area (Å²) in [5.74, 6) is -0.637. The number of hydrogen-bond donors (Lipinski definition) is 3. The van der Waals surface area contributed by atoms with E-state index in [0.717, 1.165) is 7.11 Å². The van der Waals surface area contributed by atoms with Crippen molar-refractivity contribution < 1.29 is 29.6 Å². The summed E-state index contributed by atoms with van der Waals surface area (Å²) in [6, 6.07) is 4.60. The molecule has 2 unspecified atom stereocenters. The number of esters is 1. The van der Waals surface area contributed by atoms with Gasteiger partial charge in [-0.15, -0.1) is 0 Å². The van der Waals surface area contributed by atoms with Crippen LogP contribution in [0.2, 0.25) is 0 Å². The summed E-state index contributed by atoms with van der Waals surface area (Å²) in [6.45, 7) is -0.224. The number of aliphatic hydroxyl groups excluding tert-OH is 3. The molecule has 3 N–H and O–H groups in total. The minimum absolute atomic E-state index is 0.210. The van der Waals surface area contributed by atoms with Crippen LogP contribution in [-0.4, -0.2) is 41.6 Å². The Hall–Kier alpha value is -1.63. The smallest absolute Gasteiger partial charge is 0.337 e. The molecule has 18 heavy (non-hydrogen) atoms. The van der Waals surface area contributed by atoms with Gasteiger partial charge in [-0.2, -0.15) is 0 Å². The number of rotatable bonds is 5. The zero-order chi connectivity index (χ0) is 13.7. The molecule has 1 rings (SSSR count). The van der Waals surface area contributed by atoms with E-state index in [4.69, 9.17) is 9.84 Å². The first kappa shape index (κ1) is 14.4. The van der Waals surface area contributed by atoms with E-state index in [1.165, 1.54) is 19.2 Å². The van der Waals surface area contributed by atoms with Crippen LogP contribution in [0.3, 0.4) is 0 Å². The Morgan fingerprint density at radius 2 is 2.00 bits per heavy atom. The molecule has 100 valence electrons. The van der Waals surface area contributed by atoms with Crippen molar-refractivity contribution in [3.05, 3.63) is 29.3 Å². The Balaban J connectivity index is 3.09. The second kappa shape index (κ2) is 6.34. The molecule has 0 heterocycles. The third-order valence-electron chi connectivity index (χ3n) is 2.54. The molecular formula is C12H16O6. The average molecular weight is 256 g/mol. The van der Waals surface area contributed by atoms with E-state index in [1.807, 2.05) is 0 Å². The molecule has 0 spiro atoms. The molecule has 0 bridgehead atoms. The number of methoxy groups -OCH3 is 2. The maximum atomic E-state index is 11.2. The first-order valence-electron chi connectivity index (χ1n) is 5.26. The molecule has 0 radical (unpaired) electrons. The Kier molecular flexibility index (Phi) is 5.08. The zero-order valence-corrected chi connectivity index (χ0v) is 10.2. The number of carbonyl (C=O) groups is 1. The molecule has 0 aliphatic carbocycles. The summed E-state index contributed by atoms with van der Waals surface area (Å²) < 4.78 is 9.37. The topological polar surface area (TPSA) is 96.2 Å². The predicted octanol–water partition coefficient (Wildman–Crippen LogP) is -0.245. The number of carbonyl (C=O) groups excluding carboxylic acids is 1. The molecule has 0 fully saturated rings. The summed E-state index contributed by atoms with van der Waals surface area (Å²) in [7, 11) is 2.51. The van der Waals surface area contributed by atoms with Crippen molar-refractivity contribution in [2.24, 2.45) is 0 Å². The lowest BCUT2D eigenvalue weighted by Crippen LogP contribution is -2.29. The van der Waals surface area contributed by atoms with Crippen molar-refractivity contribution >= 4 is 5.97 Å². The van der Waals surface area contributed by atoms with Gasteiger partial charge in [0.2, 0.25) is 0 Å². The zero-order valence-electron chi connectivity index (χ0n) is 10.2. The van der Waals surface area contributed by atoms with Gasteiger partial charge in [-0.25, -0.2) is 4.79 Å². The summed E-state index contributed by atoms with van der Waals surface area (Å²) in [6.07, 6.45) is -3.20. The first-order valence-corrected chi connectivity index (χ1v) is 5.26. The van der Waals surface area contributed by atoms with Gasteiger partial charge in [-0.3, -0.25) is 0 Å². The van der Waals surface area contributed by atoms with Crippen molar-refractivity contribution in [3.63, 3.8) is 0 Å². The summed E-state index contributed by atoms with van der Waals surface area (Å²) in [4.78, 5) is 11.2. The van der Waals surface area contributed by atoms with Crippen molar-refractivity contribution in [2.75, 3.05) is 14.2 Å². The molecule has 6 nitrogen and oxygen atoms in total. The molecule has 0 saturated carbocycles. The highest BCUT2D eigenvalue weighted by molar-refractivity contribution is 5.75. The molecule has 0 aromatic heterocycles. The van der Waals surface area contributed by atoms with Gasteiger partial charge in [0.15, 0.2) is 6.10 Å². The van der Waals surface area contributed by atoms with Gasteiger partial charge in [0.05, 0.1) is 20.8 Å². The fourth-order valence-corrected chi connectivity index (χ4v) is 1.53. The molecule has 1 aromatic rings. The van der Waals surface area contributed by atoms with Crippen LogP contribution >= 0.6 is 0 Å². The molecule has 0 amide bonds. The number of hydrogen-bond acceptors (Lipinski definition) is 6. The summed E-state index contributed by atoms with van der Waals surface area (Å²) in [5.41, 5.74) is 0.740. The van der Waals surface area contributed by atoms with E-state index in [0.29, 0.717) is 11.3 Å². The lowest BCUT2D eigenvalue weighted by molar-refractivity contribution is -0.156. The maximum absolute atomic E-state index is 11.2.